The molecule has 4 nitrogen and oxygen atoms in total. The van der Waals surface area contributed by atoms with Crippen LogP contribution in [0.4, 0.5) is 0 Å². The fourth-order valence-electron chi connectivity index (χ4n) is 0.744. The molecule has 0 bridgehead atoms. The Morgan fingerprint density at radius 3 is 3.10 bits per heavy atom. The van der Waals surface area contributed by atoms with E-state index in [1.54, 1.807) is 12.5 Å². The highest BCUT2D eigenvalue weighted by molar-refractivity contribution is 5.50. The molecule has 0 saturated heterocycles. The third-order valence-electron chi connectivity index (χ3n) is 1.21. The Morgan fingerprint density at radius 2 is 2.50 bits per heavy atom. The highest BCUT2D eigenvalue weighted by Gasteiger charge is 1.98. The molecule has 1 N–H and O–H groups in total. The van der Waals surface area contributed by atoms with Crippen molar-refractivity contribution in [1.29, 1.82) is 0 Å². The lowest BCUT2D eigenvalue weighted by atomic mass is 10.3. The van der Waals surface area contributed by atoms with Crippen molar-refractivity contribution in [3.05, 3.63) is 24.9 Å². The SMILES string of the molecule is c1cc(-c2cocn2)[nH]n1. The van der Waals surface area contributed by atoms with E-state index in [1.165, 1.54) is 6.39 Å². The molecule has 0 aromatic carbocycles. The van der Waals surface area contributed by atoms with Crippen LogP contribution >= 0.6 is 0 Å². The number of nitrogens with one attached hydrogen (secondary N) is 1. The van der Waals surface area contributed by atoms with Gasteiger partial charge in [0.05, 0.1) is 5.69 Å². The number of aromatic nitrogens is 3. The van der Waals surface area contributed by atoms with Crippen LogP contribution in [0.1, 0.15) is 0 Å². The molecule has 0 aliphatic heterocycles. The van der Waals surface area contributed by atoms with Crippen molar-refractivity contribution in [2.24, 2.45) is 0 Å². The van der Waals surface area contributed by atoms with Crippen LogP contribution < -0.4 is 0 Å². The van der Waals surface area contributed by atoms with Gasteiger partial charge in [-0.3, -0.25) is 5.10 Å². The third kappa shape index (κ3) is 0.699. The molecule has 2 rings (SSSR count). The fourth-order valence-corrected chi connectivity index (χ4v) is 0.744. The smallest absolute Gasteiger partial charge is 0.181 e. The second-order valence-corrected chi connectivity index (χ2v) is 1.84. The number of oxazole rings is 1. The van der Waals surface area contributed by atoms with E-state index in [4.69, 9.17) is 4.42 Å². The van der Waals surface area contributed by atoms with E-state index < -0.39 is 0 Å². The molecule has 50 valence electrons. The quantitative estimate of drug-likeness (QED) is 0.636. The van der Waals surface area contributed by atoms with E-state index in [9.17, 15) is 0 Å². The molecule has 2 heterocycles. The van der Waals surface area contributed by atoms with E-state index in [0.29, 0.717) is 0 Å². The van der Waals surface area contributed by atoms with Gasteiger partial charge in [-0.2, -0.15) is 5.10 Å². The molecule has 0 radical (unpaired) electrons. The van der Waals surface area contributed by atoms with Crippen molar-refractivity contribution in [2.45, 2.75) is 0 Å². The minimum absolute atomic E-state index is 0.775. The number of nitrogens with zero attached hydrogens (tertiary/aromatic N) is 2. The van der Waals surface area contributed by atoms with Crippen molar-refractivity contribution < 1.29 is 4.42 Å². The van der Waals surface area contributed by atoms with Crippen molar-refractivity contribution in [3.63, 3.8) is 0 Å². The summed E-state index contributed by atoms with van der Waals surface area (Å²) < 4.78 is 4.78. The first kappa shape index (κ1) is 5.22. The molecule has 2 aromatic rings. The van der Waals surface area contributed by atoms with E-state index in [0.717, 1.165) is 11.4 Å². The van der Waals surface area contributed by atoms with Gasteiger partial charge in [0.15, 0.2) is 6.39 Å². The Labute approximate surface area is 56.9 Å². The summed E-state index contributed by atoms with van der Waals surface area (Å²) in [7, 11) is 0. The number of H-pyrrole nitrogens is 1. The molecule has 0 saturated carbocycles. The van der Waals surface area contributed by atoms with E-state index in [1.807, 2.05) is 6.07 Å². The second-order valence-electron chi connectivity index (χ2n) is 1.84. The van der Waals surface area contributed by atoms with Gasteiger partial charge in [0, 0.05) is 6.20 Å². The largest absolute Gasteiger partial charge is 0.451 e. The molecule has 0 atom stereocenters. The van der Waals surface area contributed by atoms with Gasteiger partial charge in [0.2, 0.25) is 0 Å². The summed E-state index contributed by atoms with van der Waals surface area (Å²) in [6.45, 7) is 0. The van der Waals surface area contributed by atoms with Gasteiger partial charge < -0.3 is 4.42 Å². The first-order valence-electron chi connectivity index (χ1n) is 2.85. The van der Waals surface area contributed by atoms with Gasteiger partial charge in [-0.05, 0) is 6.07 Å². The number of hydrogen-bond acceptors (Lipinski definition) is 3. The van der Waals surface area contributed by atoms with Crippen LogP contribution in [0.3, 0.4) is 0 Å². The third-order valence-corrected chi connectivity index (χ3v) is 1.21. The Kier molecular flexibility index (Phi) is 1.04. The van der Waals surface area contributed by atoms with E-state index in [2.05, 4.69) is 15.2 Å². The molecule has 10 heavy (non-hydrogen) atoms. The lowest BCUT2D eigenvalue weighted by molar-refractivity contribution is 0.558. The highest BCUT2D eigenvalue weighted by Crippen LogP contribution is 2.11. The van der Waals surface area contributed by atoms with Gasteiger partial charge in [0.1, 0.15) is 12.0 Å². The minimum Gasteiger partial charge on any atom is -0.451 e. The fraction of sp³-hybridized carbons (Fsp3) is 0. The van der Waals surface area contributed by atoms with Crippen LogP contribution in [-0.2, 0) is 0 Å². The summed E-state index contributed by atoms with van der Waals surface area (Å²) in [4.78, 5) is 3.92. The molecule has 0 spiro atoms. The molecule has 0 unspecified atom stereocenters. The average molecular weight is 135 g/mol. The maximum atomic E-state index is 4.78. The average Bonchev–Trinajstić information content (AvgIpc) is 2.59. The van der Waals surface area contributed by atoms with Crippen molar-refractivity contribution in [2.75, 3.05) is 0 Å². The predicted molar refractivity (Wildman–Crippen MR) is 34.1 cm³/mol. The first-order chi connectivity index (χ1) is 4.97. The Balaban J connectivity index is 2.48. The number of hydrogen-bond donors (Lipinski definition) is 1. The summed E-state index contributed by atoms with van der Waals surface area (Å²) in [5, 5.41) is 6.54. The van der Waals surface area contributed by atoms with Crippen LogP contribution in [0.25, 0.3) is 11.4 Å². The van der Waals surface area contributed by atoms with Gasteiger partial charge in [0.25, 0.3) is 0 Å². The van der Waals surface area contributed by atoms with E-state index in [-0.39, 0.29) is 0 Å². The molecular formula is C6H5N3O. The topological polar surface area (TPSA) is 54.7 Å². The first-order valence-corrected chi connectivity index (χ1v) is 2.85. The van der Waals surface area contributed by atoms with Gasteiger partial charge >= 0.3 is 0 Å². The summed E-state index contributed by atoms with van der Waals surface area (Å²) >= 11 is 0. The summed E-state index contributed by atoms with van der Waals surface area (Å²) in [6.07, 6.45) is 4.62. The molecule has 0 amide bonds. The zero-order chi connectivity index (χ0) is 6.81. The van der Waals surface area contributed by atoms with Crippen molar-refractivity contribution >= 4 is 0 Å². The van der Waals surface area contributed by atoms with Crippen LogP contribution in [0.15, 0.2) is 29.3 Å². The Bertz CT molecular complexity index is 252. The van der Waals surface area contributed by atoms with Crippen molar-refractivity contribution in [3.8, 4) is 11.4 Å². The van der Waals surface area contributed by atoms with Crippen LogP contribution in [0.2, 0.25) is 0 Å². The zero-order valence-corrected chi connectivity index (χ0v) is 5.11. The normalized spacial score (nSPS) is 10.0. The summed E-state index contributed by atoms with van der Waals surface area (Å²) in [5.41, 5.74) is 1.64. The Morgan fingerprint density at radius 1 is 1.50 bits per heavy atom. The van der Waals surface area contributed by atoms with Gasteiger partial charge in [-0.1, -0.05) is 0 Å². The molecule has 0 aliphatic rings. The van der Waals surface area contributed by atoms with Gasteiger partial charge in [-0.15, -0.1) is 0 Å². The predicted octanol–water partition coefficient (Wildman–Crippen LogP) is 1.06. The molecule has 2 aromatic heterocycles. The van der Waals surface area contributed by atoms with Crippen LogP contribution in [-0.4, -0.2) is 15.2 Å². The molecule has 0 aliphatic carbocycles. The molecular weight excluding hydrogens is 130 g/mol. The highest BCUT2D eigenvalue weighted by atomic mass is 16.3. The van der Waals surface area contributed by atoms with Crippen LogP contribution in [0, 0.1) is 0 Å². The lowest BCUT2D eigenvalue weighted by Gasteiger charge is -1.82. The summed E-state index contributed by atoms with van der Waals surface area (Å²) in [6, 6.07) is 1.83. The lowest BCUT2D eigenvalue weighted by Crippen LogP contribution is -1.74. The number of aromatic amines is 1. The van der Waals surface area contributed by atoms with E-state index >= 15 is 0 Å². The maximum absolute atomic E-state index is 4.78. The summed E-state index contributed by atoms with van der Waals surface area (Å²) in [5.74, 6) is 0. The van der Waals surface area contributed by atoms with Crippen LogP contribution in [0.5, 0.6) is 0 Å². The standard InChI is InChI=1S/C6H5N3O/c1-2-8-9-5(1)6-3-10-4-7-6/h1-4H,(H,8,9). The zero-order valence-electron chi connectivity index (χ0n) is 5.11. The molecule has 4 heteroatoms. The van der Waals surface area contributed by atoms with Gasteiger partial charge in [-0.25, -0.2) is 4.98 Å². The number of rotatable bonds is 1. The maximum Gasteiger partial charge on any atom is 0.181 e. The van der Waals surface area contributed by atoms with Crippen molar-refractivity contribution in [1.82, 2.24) is 15.2 Å². The Hall–Kier alpha value is -1.58. The second kappa shape index (κ2) is 1.98. The monoisotopic (exact) mass is 135 g/mol. The molecule has 0 fully saturated rings. The minimum atomic E-state index is 0.775.